The van der Waals surface area contributed by atoms with E-state index in [2.05, 4.69) is 14.7 Å². The molecule has 0 bridgehead atoms. The average Bonchev–Trinajstić information content (AvgIpc) is 2.71. The van der Waals surface area contributed by atoms with Crippen LogP contribution in [0.1, 0.15) is 11.5 Å². The van der Waals surface area contributed by atoms with Gasteiger partial charge in [-0.3, -0.25) is 0 Å². The van der Waals surface area contributed by atoms with Crippen molar-refractivity contribution < 1.29 is 18.4 Å². The number of benzene rings is 1. The maximum absolute atomic E-state index is 13.0. The molecule has 16 heavy (non-hydrogen) atoms. The molecule has 0 aliphatic carbocycles. The summed E-state index contributed by atoms with van der Waals surface area (Å²) >= 11 is 0. The normalized spacial score (nSPS) is 10.8. The molecular weight excluding hydrogens is 218 g/mol. The van der Waals surface area contributed by atoms with Crippen molar-refractivity contribution in [3.8, 4) is 11.4 Å². The maximum atomic E-state index is 13.0. The van der Waals surface area contributed by atoms with Gasteiger partial charge in [-0.25, -0.2) is 8.78 Å². The maximum Gasteiger partial charge on any atom is 0.252 e. The summed E-state index contributed by atoms with van der Waals surface area (Å²) in [6.45, 7) is 1.21. The minimum absolute atomic E-state index is 0.0270. The summed E-state index contributed by atoms with van der Waals surface area (Å²) in [4.78, 5) is 3.81. The molecule has 0 amide bonds. The van der Waals surface area contributed by atoms with Gasteiger partial charge in [0.1, 0.15) is 6.61 Å². The molecule has 0 radical (unpaired) electrons. The van der Waals surface area contributed by atoms with Gasteiger partial charge in [0.2, 0.25) is 5.82 Å². The van der Waals surface area contributed by atoms with Gasteiger partial charge in [0.25, 0.3) is 5.89 Å². The topological polar surface area (TPSA) is 59.2 Å². The van der Waals surface area contributed by atoms with Gasteiger partial charge in [0, 0.05) is 5.56 Å². The molecule has 2 aromatic rings. The highest BCUT2D eigenvalue weighted by molar-refractivity contribution is 5.59. The molecule has 0 saturated heterocycles. The molecule has 0 atom stereocenters. The molecule has 1 aromatic carbocycles. The monoisotopic (exact) mass is 226 g/mol. The van der Waals surface area contributed by atoms with Gasteiger partial charge in [-0.15, -0.1) is 0 Å². The lowest BCUT2D eigenvalue weighted by Crippen LogP contribution is -1.92. The van der Waals surface area contributed by atoms with Gasteiger partial charge in [0.15, 0.2) is 11.6 Å². The Morgan fingerprint density at radius 1 is 1.31 bits per heavy atom. The molecule has 2 rings (SSSR count). The van der Waals surface area contributed by atoms with Crippen LogP contribution in [0.5, 0.6) is 0 Å². The van der Waals surface area contributed by atoms with E-state index in [-0.39, 0.29) is 11.7 Å². The first-order valence-corrected chi connectivity index (χ1v) is 4.51. The first kappa shape index (κ1) is 10.7. The molecule has 0 aliphatic heterocycles. The minimum Gasteiger partial charge on any atom is -0.387 e. The lowest BCUT2D eigenvalue weighted by molar-refractivity contribution is 0.222. The first-order valence-electron chi connectivity index (χ1n) is 4.51. The summed E-state index contributed by atoms with van der Waals surface area (Å²) in [5.74, 6) is -1.75. The number of halogens is 2. The highest BCUT2D eigenvalue weighted by Gasteiger charge is 2.13. The van der Waals surface area contributed by atoms with Crippen LogP contribution in [-0.4, -0.2) is 15.2 Å². The molecule has 84 valence electrons. The van der Waals surface area contributed by atoms with E-state index in [1.54, 1.807) is 6.92 Å². The summed E-state index contributed by atoms with van der Waals surface area (Å²) in [6, 6.07) is 2.05. The van der Waals surface area contributed by atoms with Crippen LogP contribution in [0.3, 0.4) is 0 Å². The van der Waals surface area contributed by atoms with Crippen molar-refractivity contribution in [2.24, 2.45) is 0 Å². The van der Waals surface area contributed by atoms with Gasteiger partial charge >= 0.3 is 0 Å². The van der Waals surface area contributed by atoms with Crippen molar-refractivity contribution in [1.29, 1.82) is 0 Å². The third-order valence-electron chi connectivity index (χ3n) is 2.11. The van der Waals surface area contributed by atoms with Crippen molar-refractivity contribution in [1.82, 2.24) is 10.1 Å². The molecule has 0 spiro atoms. The Balaban J connectivity index is 2.51. The van der Waals surface area contributed by atoms with E-state index in [1.807, 2.05) is 0 Å². The third-order valence-corrected chi connectivity index (χ3v) is 2.11. The predicted molar refractivity (Wildman–Crippen MR) is 50.3 cm³/mol. The van der Waals surface area contributed by atoms with Crippen LogP contribution >= 0.6 is 0 Å². The van der Waals surface area contributed by atoms with Crippen molar-refractivity contribution >= 4 is 0 Å². The molecule has 6 heteroatoms. The van der Waals surface area contributed by atoms with E-state index in [4.69, 9.17) is 5.11 Å². The van der Waals surface area contributed by atoms with Crippen LogP contribution in [0.15, 0.2) is 16.7 Å². The van der Waals surface area contributed by atoms with E-state index >= 15 is 0 Å². The van der Waals surface area contributed by atoms with Crippen LogP contribution in [0, 0.1) is 18.6 Å². The van der Waals surface area contributed by atoms with Crippen LogP contribution in [-0.2, 0) is 6.61 Å². The summed E-state index contributed by atoms with van der Waals surface area (Å²) in [7, 11) is 0. The largest absolute Gasteiger partial charge is 0.387 e. The Kier molecular flexibility index (Phi) is 2.66. The smallest absolute Gasteiger partial charge is 0.252 e. The molecule has 0 unspecified atom stereocenters. The molecule has 0 aliphatic rings. The Morgan fingerprint density at radius 3 is 2.62 bits per heavy atom. The van der Waals surface area contributed by atoms with Gasteiger partial charge < -0.3 is 9.63 Å². The molecule has 0 saturated carbocycles. The Morgan fingerprint density at radius 2 is 2.00 bits per heavy atom. The fourth-order valence-corrected chi connectivity index (χ4v) is 1.32. The van der Waals surface area contributed by atoms with Crippen molar-refractivity contribution in [3.63, 3.8) is 0 Å². The fourth-order valence-electron chi connectivity index (χ4n) is 1.32. The lowest BCUT2D eigenvalue weighted by atomic mass is 10.1. The number of aliphatic hydroxyl groups excluding tert-OH is 1. The van der Waals surface area contributed by atoms with Crippen molar-refractivity contribution in [3.05, 3.63) is 35.2 Å². The average molecular weight is 226 g/mol. The highest BCUT2D eigenvalue weighted by Crippen LogP contribution is 2.23. The molecule has 4 nitrogen and oxygen atoms in total. The Labute approximate surface area is 89.5 Å². The van der Waals surface area contributed by atoms with E-state index in [0.717, 1.165) is 12.1 Å². The number of hydrogen-bond donors (Lipinski definition) is 1. The summed E-state index contributed by atoms with van der Waals surface area (Å²) in [6.07, 6.45) is 0. The molecule has 1 heterocycles. The van der Waals surface area contributed by atoms with E-state index in [9.17, 15) is 8.78 Å². The second kappa shape index (κ2) is 3.97. The van der Waals surface area contributed by atoms with Crippen LogP contribution < -0.4 is 0 Å². The van der Waals surface area contributed by atoms with Gasteiger partial charge in [-0.05, 0) is 24.6 Å². The number of rotatable bonds is 2. The molecule has 0 fully saturated rings. The number of hydrogen-bond acceptors (Lipinski definition) is 4. The van der Waals surface area contributed by atoms with Crippen molar-refractivity contribution in [2.45, 2.75) is 13.5 Å². The summed E-state index contributed by atoms with van der Waals surface area (Å²) in [5, 5.41) is 12.3. The summed E-state index contributed by atoms with van der Waals surface area (Å²) < 4.78 is 30.6. The quantitative estimate of drug-likeness (QED) is 0.848. The Bertz CT molecular complexity index is 526. The van der Waals surface area contributed by atoms with Crippen LogP contribution in [0.4, 0.5) is 8.78 Å². The van der Waals surface area contributed by atoms with Crippen LogP contribution in [0.2, 0.25) is 0 Å². The summed E-state index contributed by atoms with van der Waals surface area (Å²) in [5.41, 5.74) is 0.825. The SMILES string of the molecule is Cc1cc(F)c(F)cc1-c1noc(CO)n1. The number of nitrogens with zero attached hydrogens (tertiary/aromatic N) is 2. The number of aryl methyl sites for hydroxylation is 1. The van der Waals surface area contributed by atoms with Gasteiger partial charge in [0.05, 0.1) is 0 Å². The minimum atomic E-state index is -0.976. The van der Waals surface area contributed by atoms with E-state index < -0.39 is 18.2 Å². The highest BCUT2D eigenvalue weighted by atomic mass is 19.2. The zero-order valence-electron chi connectivity index (χ0n) is 8.37. The van der Waals surface area contributed by atoms with Crippen molar-refractivity contribution in [2.75, 3.05) is 0 Å². The first-order chi connectivity index (χ1) is 7.61. The Hall–Kier alpha value is -1.82. The van der Waals surface area contributed by atoms with Gasteiger partial charge in [-0.2, -0.15) is 4.98 Å². The van der Waals surface area contributed by atoms with Crippen LogP contribution in [0.25, 0.3) is 11.4 Å². The standard InChI is InChI=1S/C10H8F2N2O2/c1-5-2-7(11)8(12)3-6(5)10-13-9(4-15)16-14-10/h2-3,15H,4H2,1H3. The fraction of sp³-hybridized carbons (Fsp3) is 0.200. The molecule has 1 N–H and O–H groups in total. The second-order valence-electron chi connectivity index (χ2n) is 3.25. The molecular formula is C10H8F2N2O2. The lowest BCUT2D eigenvalue weighted by Gasteiger charge is -2.01. The second-order valence-corrected chi connectivity index (χ2v) is 3.25. The molecule has 1 aromatic heterocycles. The number of aliphatic hydroxyl groups is 1. The number of aromatic nitrogens is 2. The predicted octanol–water partition coefficient (Wildman–Crippen LogP) is 1.82. The zero-order chi connectivity index (χ0) is 11.7. The van der Waals surface area contributed by atoms with E-state index in [1.165, 1.54) is 0 Å². The van der Waals surface area contributed by atoms with E-state index in [0.29, 0.717) is 11.1 Å². The third kappa shape index (κ3) is 1.79. The van der Waals surface area contributed by atoms with Gasteiger partial charge in [-0.1, -0.05) is 5.16 Å². The zero-order valence-corrected chi connectivity index (χ0v) is 8.37.